The standard InChI is InChI=1S/C7H8F3O2/c1-3-4-6(2,12-5-11)7(8,9)10/h3,5H,1-2,4H2/t6-/m1/s1. The largest absolute Gasteiger partial charge is 0.451 e. The predicted molar refractivity (Wildman–Crippen MR) is 36.1 cm³/mol. The van der Waals surface area contributed by atoms with Crippen molar-refractivity contribution < 1.29 is 22.7 Å². The van der Waals surface area contributed by atoms with Gasteiger partial charge >= 0.3 is 6.18 Å². The Bertz CT molecular complexity index is 164. The predicted octanol–water partition coefficient (Wildman–Crippen LogP) is 1.87. The van der Waals surface area contributed by atoms with E-state index < -0.39 is 18.2 Å². The van der Waals surface area contributed by atoms with Gasteiger partial charge < -0.3 is 4.74 Å². The molecule has 0 rings (SSSR count). The molecule has 12 heavy (non-hydrogen) atoms. The summed E-state index contributed by atoms with van der Waals surface area (Å²) in [4.78, 5) is 9.75. The van der Waals surface area contributed by atoms with Gasteiger partial charge in [-0.2, -0.15) is 13.2 Å². The Morgan fingerprint density at radius 3 is 2.17 bits per heavy atom. The van der Waals surface area contributed by atoms with Crippen LogP contribution in [0.5, 0.6) is 0 Å². The Balaban J connectivity index is 4.59. The molecular weight excluding hydrogens is 173 g/mol. The minimum absolute atomic E-state index is 0.274. The number of ether oxygens (including phenoxy) is 1. The van der Waals surface area contributed by atoms with Crippen LogP contribution in [0, 0.1) is 6.92 Å². The molecule has 0 N–H and O–H groups in total. The molecule has 0 unspecified atom stereocenters. The van der Waals surface area contributed by atoms with Crippen molar-refractivity contribution in [3.8, 4) is 0 Å². The molecule has 0 aliphatic rings. The van der Waals surface area contributed by atoms with Gasteiger partial charge in [0.1, 0.15) is 0 Å². The molecule has 0 saturated heterocycles. The lowest BCUT2D eigenvalue weighted by atomic mass is 10.0. The summed E-state index contributed by atoms with van der Waals surface area (Å²) >= 11 is 0. The summed E-state index contributed by atoms with van der Waals surface area (Å²) in [6.07, 6.45) is -4.25. The molecular formula is C7H8F3O2. The highest BCUT2D eigenvalue weighted by molar-refractivity contribution is 5.39. The number of hydrogen-bond donors (Lipinski definition) is 0. The molecule has 0 aliphatic heterocycles. The van der Waals surface area contributed by atoms with E-state index in [1.165, 1.54) is 0 Å². The fraction of sp³-hybridized carbons (Fsp3) is 0.429. The zero-order chi connectivity index (χ0) is 9.83. The van der Waals surface area contributed by atoms with Crippen LogP contribution in [0.2, 0.25) is 0 Å². The quantitative estimate of drug-likeness (QED) is 0.488. The van der Waals surface area contributed by atoms with Crippen LogP contribution >= 0.6 is 0 Å². The molecule has 0 spiro atoms. The number of carbonyl (C=O) groups is 1. The van der Waals surface area contributed by atoms with Crippen molar-refractivity contribution in [1.29, 1.82) is 0 Å². The third-order valence-corrected chi connectivity index (χ3v) is 1.26. The van der Waals surface area contributed by atoms with Gasteiger partial charge in [-0.05, 0) is 0 Å². The van der Waals surface area contributed by atoms with Crippen LogP contribution in [-0.2, 0) is 9.53 Å². The molecule has 0 aromatic carbocycles. The van der Waals surface area contributed by atoms with Crippen molar-refractivity contribution in [2.45, 2.75) is 18.2 Å². The monoisotopic (exact) mass is 181 g/mol. The van der Waals surface area contributed by atoms with Crippen LogP contribution in [0.1, 0.15) is 6.42 Å². The van der Waals surface area contributed by atoms with Crippen molar-refractivity contribution >= 4 is 6.47 Å². The van der Waals surface area contributed by atoms with Crippen molar-refractivity contribution in [3.63, 3.8) is 0 Å². The first-order valence-electron chi connectivity index (χ1n) is 3.02. The van der Waals surface area contributed by atoms with Crippen LogP contribution in [0.4, 0.5) is 13.2 Å². The molecule has 5 heteroatoms. The van der Waals surface area contributed by atoms with E-state index in [4.69, 9.17) is 0 Å². The zero-order valence-electron chi connectivity index (χ0n) is 6.23. The molecule has 1 radical (unpaired) electrons. The van der Waals surface area contributed by atoms with Crippen molar-refractivity contribution in [2.75, 3.05) is 0 Å². The van der Waals surface area contributed by atoms with Crippen LogP contribution in [0.3, 0.4) is 0 Å². The van der Waals surface area contributed by atoms with Gasteiger partial charge in [-0.1, -0.05) is 6.08 Å². The Kier molecular flexibility index (Phi) is 3.30. The lowest BCUT2D eigenvalue weighted by Gasteiger charge is -2.28. The van der Waals surface area contributed by atoms with E-state index in [1.807, 2.05) is 0 Å². The maximum Gasteiger partial charge on any atom is 0.428 e. The Hall–Kier alpha value is -1.00. The fourth-order valence-electron chi connectivity index (χ4n) is 0.556. The van der Waals surface area contributed by atoms with Gasteiger partial charge in [-0.25, -0.2) is 0 Å². The van der Waals surface area contributed by atoms with Crippen molar-refractivity contribution in [1.82, 2.24) is 0 Å². The lowest BCUT2D eigenvalue weighted by molar-refractivity contribution is -0.246. The summed E-state index contributed by atoms with van der Waals surface area (Å²) in [5.74, 6) is 0. The molecule has 0 fully saturated rings. The van der Waals surface area contributed by atoms with Gasteiger partial charge in [0.05, 0.1) is 0 Å². The highest BCUT2D eigenvalue weighted by Gasteiger charge is 2.52. The summed E-state index contributed by atoms with van der Waals surface area (Å²) in [5.41, 5.74) is -2.70. The maximum atomic E-state index is 12.1. The van der Waals surface area contributed by atoms with Gasteiger partial charge in [0.15, 0.2) is 0 Å². The van der Waals surface area contributed by atoms with Crippen molar-refractivity contribution in [2.24, 2.45) is 0 Å². The van der Waals surface area contributed by atoms with Crippen LogP contribution in [-0.4, -0.2) is 18.2 Å². The highest BCUT2D eigenvalue weighted by atomic mass is 19.4. The molecule has 1 atom stereocenters. The van der Waals surface area contributed by atoms with Gasteiger partial charge in [0, 0.05) is 13.3 Å². The van der Waals surface area contributed by atoms with Crippen LogP contribution in [0.25, 0.3) is 0 Å². The average molecular weight is 181 g/mol. The molecule has 0 bridgehead atoms. The van der Waals surface area contributed by atoms with E-state index >= 15 is 0 Å². The molecule has 0 heterocycles. The highest BCUT2D eigenvalue weighted by Crippen LogP contribution is 2.35. The van der Waals surface area contributed by atoms with Crippen molar-refractivity contribution in [3.05, 3.63) is 19.6 Å². The topological polar surface area (TPSA) is 26.3 Å². The SMILES string of the molecule is [CH2][C@](CC=C)(OC=O)C(F)(F)F. The molecule has 0 aliphatic carbocycles. The van der Waals surface area contributed by atoms with E-state index in [-0.39, 0.29) is 6.47 Å². The zero-order valence-corrected chi connectivity index (χ0v) is 6.23. The first-order valence-corrected chi connectivity index (χ1v) is 3.02. The Morgan fingerprint density at radius 1 is 1.42 bits per heavy atom. The van der Waals surface area contributed by atoms with E-state index in [9.17, 15) is 18.0 Å². The third kappa shape index (κ3) is 2.25. The lowest BCUT2D eigenvalue weighted by Crippen LogP contribution is -2.44. The Morgan fingerprint density at radius 2 is 1.92 bits per heavy atom. The van der Waals surface area contributed by atoms with E-state index in [0.29, 0.717) is 0 Å². The minimum atomic E-state index is -4.68. The number of carbonyl (C=O) groups excluding carboxylic acids is 1. The first-order chi connectivity index (χ1) is 5.37. The molecule has 2 nitrogen and oxygen atoms in total. The minimum Gasteiger partial charge on any atom is -0.451 e. The number of hydrogen-bond acceptors (Lipinski definition) is 2. The second-order valence-electron chi connectivity index (χ2n) is 2.20. The van der Waals surface area contributed by atoms with Gasteiger partial charge in [-0.3, -0.25) is 4.79 Å². The molecule has 0 aromatic rings. The fourth-order valence-corrected chi connectivity index (χ4v) is 0.556. The van der Waals surface area contributed by atoms with E-state index in [2.05, 4.69) is 18.2 Å². The number of alkyl halides is 3. The molecule has 0 amide bonds. The number of rotatable bonds is 4. The maximum absolute atomic E-state index is 12.1. The van der Waals surface area contributed by atoms with Gasteiger partial charge in [-0.15, -0.1) is 6.58 Å². The second kappa shape index (κ2) is 3.60. The van der Waals surface area contributed by atoms with E-state index in [1.54, 1.807) is 0 Å². The van der Waals surface area contributed by atoms with Gasteiger partial charge in [0.25, 0.3) is 6.47 Å². The Labute approximate surface area is 68.0 Å². The third-order valence-electron chi connectivity index (χ3n) is 1.26. The van der Waals surface area contributed by atoms with Crippen LogP contribution in [0.15, 0.2) is 12.7 Å². The summed E-state index contributed by atoms with van der Waals surface area (Å²) in [6.45, 7) is 5.60. The molecule has 69 valence electrons. The average Bonchev–Trinajstić information content (AvgIpc) is 1.86. The summed E-state index contributed by atoms with van der Waals surface area (Å²) < 4.78 is 40.1. The van der Waals surface area contributed by atoms with Gasteiger partial charge in [0.2, 0.25) is 5.60 Å². The first kappa shape index (κ1) is 11.0. The molecule has 0 saturated carbocycles. The normalized spacial score (nSPS) is 16.3. The van der Waals surface area contributed by atoms with E-state index in [0.717, 1.165) is 6.08 Å². The summed E-state index contributed by atoms with van der Waals surface area (Å²) in [5, 5.41) is 0. The smallest absolute Gasteiger partial charge is 0.428 e. The second-order valence-corrected chi connectivity index (χ2v) is 2.20. The summed E-state index contributed by atoms with van der Waals surface area (Å²) in [7, 11) is 0. The summed E-state index contributed by atoms with van der Waals surface area (Å²) in [6, 6.07) is 0. The van der Waals surface area contributed by atoms with Crippen LogP contribution < -0.4 is 0 Å². The molecule has 0 aromatic heterocycles. The number of halogens is 3.